The summed E-state index contributed by atoms with van der Waals surface area (Å²) >= 11 is 0. The molecule has 4 rings (SSSR count). The summed E-state index contributed by atoms with van der Waals surface area (Å²) in [5.74, 6) is 0.0250. The van der Waals surface area contributed by atoms with Crippen LogP contribution in [0.5, 0.6) is 5.75 Å². The Bertz CT molecular complexity index is 1110. The van der Waals surface area contributed by atoms with E-state index in [2.05, 4.69) is 22.0 Å². The average molecular weight is 430 g/mol. The zero-order valence-electron chi connectivity index (χ0n) is 18.2. The molecule has 1 heterocycles. The van der Waals surface area contributed by atoms with E-state index < -0.39 is 12.1 Å². The number of ether oxygens (including phenoxy) is 1. The summed E-state index contributed by atoms with van der Waals surface area (Å²) in [7, 11) is 1.56. The van der Waals surface area contributed by atoms with Gasteiger partial charge >= 0.3 is 0 Å². The summed E-state index contributed by atoms with van der Waals surface area (Å²) in [5, 5.41) is 9.16. The van der Waals surface area contributed by atoms with Gasteiger partial charge in [-0.05, 0) is 47.7 Å². The van der Waals surface area contributed by atoms with Gasteiger partial charge in [0.05, 0.1) is 18.8 Å². The van der Waals surface area contributed by atoms with Gasteiger partial charge in [-0.3, -0.25) is 9.59 Å². The molecule has 0 spiro atoms. The number of carbonyl (C=O) groups is 2. The highest BCUT2D eigenvalue weighted by Gasteiger charge is 2.29. The molecule has 0 aliphatic carbocycles. The molecule has 0 saturated heterocycles. The molecule has 1 aliphatic heterocycles. The van der Waals surface area contributed by atoms with Gasteiger partial charge in [0.2, 0.25) is 5.91 Å². The Morgan fingerprint density at radius 1 is 1.00 bits per heavy atom. The minimum atomic E-state index is -0.840. The molecule has 0 fully saturated rings. The van der Waals surface area contributed by atoms with Crippen LogP contribution in [0.25, 0.3) is 0 Å². The number of hydrogen-bond acceptors (Lipinski definition) is 4. The number of benzene rings is 3. The van der Waals surface area contributed by atoms with Crippen LogP contribution in [-0.4, -0.2) is 25.0 Å². The molecule has 2 amide bonds. The second-order valence-electron chi connectivity index (χ2n) is 7.95. The Balaban J connectivity index is 1.55. The highest BCUT2D eigenvalue weighted by molar-refractivity contribution is 5.99. The van der Waals surface area contributed by atoms with Gasteiger partial charge in [-0.1, -0.05) is 60.7 Å². The Morgan fingerprint density at radius 3 is 2.47 bits per heavy atom. The van der Waals surface area contributed by atoms with Crippen molar-refractivity contribution in [2.75, 3.05) is 12.4 Å². The summed E-state index contributed by atoms with van der Waals surface area (Å²) in [6.07, 6.45) is 0.580. The van der Waals surface area contributed by atoms with Crippen LogP contribution in [0.3, 0.4) is 0 Å². The van der Waals surface area contributed by atoms with Crippen molar-refractivity contribution < 1.29 is 14.3 Å². The SMILES string of the molecule is COc1ccc(C)cc1NC(=O)C(NC(=O)C1Cc2ccccc2CN1)c1ccccc1. The maximum Gasteiger partial charge on any atom is 0.251 e. The minimum absolute atomic E-state index is 0.209. The summed E-state index contributed by atoms with van der Waals surface area (Å²) in [4.78, 5) is 26.5. The van der Waals surface area contributed by atoms with Crippen molar-refractivity contribution in [1.82, 2.24) is 10.6 Å². The predicted octanol–water partition coefficient (Wildman–Crippen LogP) is 3.51. The highest BCUT2D eigenvalue weighted by Crippen LogP contribution is 2.27. The lowest BCUT2D eigenvalue weighted by molar-refractivity contribution is -0.128. The topological polar surface area (TPSA) is 79.5 Å². The maximum atomic E-state index is 13.3. The van der Waals surface area contributed by atoms with Crippen LogP contribution in [-0.2, 0) is 22.6 Å². The van der Waals surface area contributed by atoms with Crippen LogP contribution in [0, 0.1) is 6.92 Å². The largest absolute Gasteiger partial charge is 0.495 e. The third-order valence-corrected chi connectivity index (χ3v) is 5.69. The van der Waals surface area contributed by atoms with Crippen LogP contribution in [0.1, 0.15) is 28.3 Å². The van der Waals surface area contributed by atoms with Crippen molar-refractivity contribution in [1.29, 1.82) is 0 Å². The lowest BCUT2D eigenvalue weighted by atomic mass is 9.95. The van der Waals surface area contributed by atoms with Gasteiger partial charge in [-0.25, -0.2) is 0 Å². The molecular formula is C26H27N3O3. The Morgan fingerprint density at radius 2 is 1.72 bits per heavy atom. The Labute approximate surface area is 188 Å². The molecule has 6 nitrogen and oxygen atoms in total. The number of fused-ring (bicyclic) bond motifs is 1. The molecule has 164 valence electrons. The monoisotopic (exact) mass is 429 g/mol. The maximum absolute atomic E-state index is 13.3. The molecule has 1 aliphatic rings. The third kappa shape index (κ3) is 4.81. The van der Waals surface area contributed by atoms with E-state index in [0.717, 1.165) is 11.1 Å². The van der Waals surface area contributed by atoms with Crippen LogP contribution >= 0.6 is 0 Å². The third-order valence-electron chi connectivity index (χ3n) is 5.69. The van der Waals surface area contributed by atoms with Crippen LogP contribution < -0.4 is 20.7 Å². The number of hydrogen-bond donors (Lipinski definition) is 3. The standard InChI is InChI=1S/C26H27N3O3/c1-17-12-13-23(32-2)21(14-17)28-26(31)24(18-8-4-3-5-9-18)29-25(30)22-15-19-10-6-7-11-20(19)16-27-22/h3-14,22,24,27H,15-16H2,1-2H3,(H,28,31)(H,29,30). The first kappa shape index (κ1) is 21.6. The van der Waals surface area contributed by atoms with E-state index in [1.165, 1.54) is 5.56 Å². The summed E-state index contributed by atoms with van der Waals surface area (Å²) < 4.78 is 5.38. The van der Waals surface area contributed by atoms with Gasteiger partial charge in [-0.2, -0.15) is 0 Å². The van der Waals surface area contributed by atoms with Crippen LogP contribution in [0.4, 0.5) is 5.69 Å². The molecule has 2 unspecified atom stereocenters. The van der Waals surface area contributed by atoms with E-state index in [4.69, 9.17) is 4.74 Å². The van der Waals surface area contributed by atoms with E-state index in [0.29, 0.717) is 30.0 Å². The molecule has 0 aromatic heterocycles. The number of rotatable bonds is 6. The second-order valence-corrected chi connectivity index (χ2v) is 7.95. The number of nitrogens with one attached hydrogen (secondary N) is 3. The van der Waals surface area contributed by atoms with E-state index in [1.54, 1.807) is 7.11 Å². The quantitative estimate of drug-likeness (QED) is 0.560. The van der Waals surface area contributed by atoms with Crippen molar-refractivity contribution in [3.05, 3.63) is 95.1 Å². The summed E-state index contributed by atoms with van der Waals surface area (Å²) in [5.41, 5.74) is 4.61. The molecule has 32 heavy (non-hydrogen) atoms. The van der Waals surface area contributed by atoms with Gasteiger partial charge in [-0.15, -0.1) is 0 Å². The first-order chi connectivity index (χ1) is 15.5. The summed E-state index contributed by atoms with van der Waals surface area (Å²) in [6, 6.07) is 21.7. The lowest BCUT2D eigenvalue weighted by Gasteiger charge is -2.27. The fraction of sp³-hybridized carbons (Fsp3) is 0.231. The molecule has 0 bridgehead atoms. The normalized spacial score (nSPS) is 15.9. The molecule has 3 aromatic carbocycles. The zero-order valence-corrected chi connectivity index (χ0v) is 18.2. The fourth-order valence-electron chi connectivity index (χ4n) is 3.95. The number of aryl methyl sites for hydroxylation is 1. The summed E-state index contributed by atoms with van der Waals surface area (Å²) in [6.45, 7) is 2.56. The molecule has 3 N–H and O–H groups in total. The Hall–Kier alpha value is -3.64. The molecule has 2 atom stereocenters. The predicted molar refractivity (Wildman–Crippen MR) is 124 cm³/mol. The van der Waals surface area contributed by atoms with Gasteiger partial charge < -0.3 is 20.7 Å². The fourth-order valence-corrected chi connectivity index (χ4v) is 3.95. The van der Waals surface area contributed by atoms with Crippen molar-refractivity contribution in [2.24, 2.45) is 0 Å². The van der Waals surface area contributed by atoms with Gasteiger partial charge in [0.15, 0.2) is 0 Å². The smallest absolute Gasteiger partial charge is 0.251 e. The van der Waals surface area contributed by atoms with Crippen molar-refractivity contribution in [3.8, 4) is 5.75 Å². The van der Waals surface area contributed by atoms with E-state index in [1.807, 2.05) is 73.7 Å². The highest BCUT2D eigenvalue weighted by atomic mass is 16.5. The van der Waals surface area contributed by atoms with Crippen LogP contribution in [0.15, 0.2) is 72.8 Å². The van der Waals surface area contributed by atoms with Crippen molar-refractivity contribution in [3.63, 3.8) is 0 Å². The first-order valence-corrected chi connectivity index (χ1v) is 10.7. The number of amides is 2. The van der Waals surface area contributed by atoms with Gasteiger partial charge in [0, 0.05) is 6.54 Å². The van der Waals surface area contributed by atoms with Crippen molar-refractivity contribution >= 4 is 17.5 Å². The van der Waals surface area contributed by atoms with E-state index in [-0.39, 0.29) is 11.8 Å². The lowest BCUT2D eigenvalue weighted by Crippen LogP contribution is -2.50. The zero-order chi connectivity index (χ0) is 22.5. The molecule has 3 aromatic rings. The van der Waals surface area contributed by atoms with Gasteiger partial charge in [0.25, 0.3) is 5.91 Å². The van der Waals surface area contributed by atoms with E-state index in [9.17, 15) is 9.59 Å². The molecule has 0 saturated carbocycles. The van der Waals surface area contributed by atoms with E-state index >= 15 is 0 Å². The molecule has 6 heteroatoms. The first-order valence-electron chi connectivity index (χ1n) is 10.7. The second kappa shape index (κ2) is 9.66. The van der Waals surface area contributed by atoms with Crippen molar-refractivity contribution in [2.45, 2.75) is 32.0 Å². The Kier molecular flexibility index (Phi) is 6.52. The minimum Gasteiger partial charge on any atom is -0.495 e. The van der Waals surface area contributed by atoms with Crippen LogP contribution in [0.2, 0.25) is 0 Å². The number of carbonyl (C=O) groups excluding carboxylic acids is 2. The average Bonchev–Trinajstić information content (AvgIpc) is 2.82. The number of anilines is 1. The molecular weight excluding hydrogens is 402 g/mol. The number of methoxy groups -OCH3 is 1. The molecule has 0 radical (unpaired) electrons. The van der Waals surface area contributed by atoms with Gasteiger partial charge in [0.1, 0.15) is 11.8 Å².